The number of carbonyl (C=O) groups excluding carboxylic acids is 1. The first-order valence-corrected chi connectivity index (χ1v) is 6.09. The zero-order valence-corrected chi connectivity index (χ0v) is 9.32. The van der Waals surface area contributed by atoms with Crippen molar-refractivity contribution in [1.29, 1.82) is 0 Å². The van der Waals surface area contributed by atoms with Crippen molar-refractivity contribution in [2.45, 2.75) is 31.8 Å². The summed E-state index contributed by atoms with van der Waals surface area (Å²) in [5.41, 5.74) is 0. The molecule has 0 N–H and O–H groups in total. The lowest BCUT2D eigenvalue weighted by Crippen LogP contribution is -2.34. The van der Waals surface area contributed by atoms with Crippen molar-refractivity contribution in [1.82, 2.24) is 4.90 Å². The van der Waals surface area contributed by atoms with E-state index in [1.165, 1.54) is 6.42 Å². The van der Waals surface area contributed by atoms with E-state index in [2.05, 4.69) is 0 Å². The summed E-state index contributed by atoms with van der Waals surface area (Å²) in [5, 5.41) is 0. The van der Waals surface area contributed by atoms with Gasteiger partial charge in [-0.2, -0.15) is 0 Å². The van der Waals surface area contributed by atoms with Gasteiger partial charge in [0, 0.05) is 26.1 Å². The molecule has 0 aromatic rings. The number of likely N-dealkylation sites (tertiary alicyclic amines) is 1. The fourth-order valence-electron chi connectivity index (χ4n) is 3.30. The van der Waals surface area contributed by atoms with E-state index >= 15 is 0 Å². The monoisotopic (exact) mass is 209 g/mol. The fraction of sp³-hybridized carbons (Fsp3) is 0.917. The van der Waals surface area contributed by atoms with Crippen LogP contribution in [0.25, 0.3) is 0 Å². The predicted molar refractivity (Wildman–Crippen MR) is 56.3 cm³/mol. The highest BCUT2D eigenvalue weighted by Crippen LogP contribution is 2.54. The van der Waals surface area contributed by atoms with Crippen LogP contribution >= 0.6 is 0 Å². The smallest absolute Gasteiger partial charge is 0.225 e. The molecule has 1 heterocycles. The second kappa shape index (κ2) is 3.48. The summed E-state index contributed by atoms with van der Waals surface area (Å²) < 4.78 is 5.29. The molecular weight excluding hydrogens is 190 g/mol. The van der Waals surface area contributed by atoms with E-state index in [-0.39, 0.29) is 6.10 Å². The molecule has 3 fully saturated rings. The Morgan fingerprint density at radius 2 is 2.00 bits per heavy atom. The first-order chi connectivity index (χ1) is 7.28. The Morgan fingerprint density at radius 1 is 1.27 bits per heavy atom. The van der Waals surface area contributed by atoms with Crippen LogP contribution in [0.5, 0.6) is 0 Å². The van der Waals surface area contributed by atoms with Crippen molar-refractivity contribution in [3.05, 3.63) is 0 Å². The molecule has 3 rings (SSSR count). The first-order valence-electron chi connectivity index (χ1n) is 6.09. The van der Waals surface area contributed by atoms with Gasteiger partial charge in [0.15, 0.2) is 0 Å². The standard InChI is InChI=1S/C12H19NO2/c1-15-11-2-3-13(7-11)12(14)10-5-8-4-9(8)6-10/h8-11H,2-7H2,1H3. The molecule has 0 aromatic carbocycles. The molecule has 2 saturated carbocycles. The van der Waals surface area contributed by atoms with Gasteiger partial charge in [-0.1, -0.05) is 0 Å². The van der Waals surface area contributed by atoms with E-state index in [9.17, 15) is 4.79 Å². The highest BCUT2D eigenvalue weighted by Gasteiger charge is 2.49. The molecular formula is C12H19NO2. The second-order valence-electron chi connectivity index (χ2n) is 5.35. The van der Waals surface area contributed by atoms with E-state index in [0.29, 0.717) is 11.8 Å². The van der Waals surface area contributed by atoms with Gasteiger partial charge in [-0.3, -0.25) is 4.79 Å². The van der Waals surface area contributed by atoms with Gasteiger partial charge in [0.25, 0.3) is 0 Å². The normalized spacial score (nSPS) is 43.1. The van der Waals surface area contributed by atoms with Gasteiger partial charge in [-0.25, -0.2) is 0 Å². The zero-order valence-electron chi connectivity index (χ0n) is 9.32. The van der Waals surface area contributed by atoms with Crippen LogP contribution in [0.4, 0.5) is 0 Å². The number of hydrogen-bond donors (Lipinski definition) is 0. The molecule has 3 aliphatic rings. The molecule has 0 radical (unpaired) electrons. The number of rotatable bonds is 2. The van der Waals surface area contributed by atoms with Crippen LogP contribution < -0.4 is 0 Å². The van der Waals surface area contributed by atoms with Crippen molar-refractivity contribution in [3.8, 4) is 0 Å². The van der Waals surface area contributed by atoms with E-state index in [4.69, 9.17) is 4.74 Å². The van der Waals surface area contributed by atoms with Crippen molar-refractivity contribution < 1.29 is 9.53 Å². The van der Waals surface area contributed by atoms with Crippen LogP contribution in [-0.2, 0) is 9.53 Å². The van der Waals surface area contributed by atoms with Crippen LogP contribution in [-0.4, -0.2) is 37.1 Å². The van der Waals surface area contributed by atoms with Gasteiger partial charge in [-0.05, 0) is 37.5 Å². The molecule has 0 aromatic heterocycles. The van der Waals surface area contributed by atoms with Crippen molar-refractivity contribution in [2.24, 2.45) is 17.8 Å². The quantitative estimate of drug-likeness (QED) is 0.685. The van der Waals surface area contributed by atoms with E-state index < -0.39 is 0 Å². The zero-order chi connectivity index (χ0) is 10.4. The summed E-state index contributed by atoms with van der Waals surface area (Å²) in [6.45, 7) is 1.73. The maximum atomic E-state index is 12.1. The highest BCUT2D eigenvalue weighted by molar-refractivity contribution is 5.79. The SMILES string of the molecule is COC1CCN(C(=O)C2CC3CC3C2)C1. The minimum absolute atomic E-state index is 0.282. The molecule has 1 amide bonds. The number of methoxy groups -OCH3 is 1. The third-order valence-corrected chi connectivity index (χ3v) is 4.38. The Hall–Kier alpha value is -0.570. The molecule has 0 spiro atoms. The second-order valence-corrected chi connectivity index (χ2v) is 5.35. The molecule has 3 unspecified atom stereocenters. The lowest BCUT2D eigenvalue weighted by atomic mass is 10.0. The molecule has 15 heavy (non-hydrogen) atoms. The topological polar surface area (TPSA) is 29.5 Å². The number of ether oxygens (including phenoxy) is 1. The number of fused-ring (bicyclic) bond motifs is 1. The third kappa shape index (κ3) is 1.67. The fourth-order valence-corrected chi connectivity index (χ4v) is 3.30. The van der Waals surface area contributed by atoms with Crippen molar-refractivity contribution in [3.63, 3.8) is 0 Å². The lowest BCUT2D eigenvalue weighted by Gasteiger charge is -2.21. The average Bonchev–Trinajstić information content (AvgIpc) is 2.73. The number of hydrogen-bond acceptors (Lipinski definition) is 2. The largest absolute Gasteiger partial charge is 0.380 e. The number of carbonyl (C=O) groups is 1. The molecule has 1 aliphatic heterocycles. The van der Waals surface area contributed by atoms with E-state index in [1.807, 2.05) is 4.90 Å². The Kier molecular flexibility index (Phi) is 2.23. The van der Waals surface area contributed by atoms with Crippen molar-refractivity contribution >= 4 is 5.91 Å². The van der Waals surface area contributed by atoms with E-state index in [1.54, 1.807) is 7.11 Å². The molecule has 3 heteroatoms. The number of amides is 1. The van der Waals surface area contributed by atoms with Gasteiger partial charge in [0.2, 0.25) is 5.91 Å². The van der Waals surface area contributed by atoms with Gasteiger partial charge in [0.1, 0.15) is 0 Å². The minimum atomic E-state index is 0.282. The van der Waals surface area contributed by atoms with Gasteiger partial charge < -0.3 is 9.64 Å². The molecule has 1 saturated heterocycles. The highest BCUT2D eigenvalue weighted by atomic mass is 16.5. The van der Waals surface area contributed by atoms with Gasteiger partial charge >= 0.3 is 0 Å². The van der Waals surface area contributed by atoms with Gasteiger partial charge in [0.05, 0.1) is 6.10 Å². The van der Waals surface area contributed by atoms with Crippen LogP contribution in [0, 0.1) is 17.8 Å². The first kappa shape index (κ1) is 9.64. The molecule has 3 nitrogen and oxygen atoms in total. The Balaban J connectivity index is 1.56. The Labute approximate surface area is 90.8 Å². The summed E-state index contributed by atoms with van der Waals surface area (Å²) >= 11 is 0. The van der Waals surface area contributed by atoms with Crippen LogP contribution in [0.1, 0.15) is 25.7 Å². The Bertz CT molecular complexity index is 269. The lowest BCUT2D eigenvalue weighted by molar-refractivity contribution is -0.135. The predicted octanol–water partition coefficient (Wildman–Crippen LogP) is 1.28. The third-order valence-electron chi connectivity index (χ3n) is 4.38. The summed E-state index contributed by atoms with van der Waals surface area (Å²) in [6, 6.07) is 0. The summed E-state index contributed by atoms with van der Waals surface area (Å²) in [6.07, 6.45) is 5.02. The van der Waals surface area contributed by atoms with Crippen LogP contribution in [0.3, 0.4) is 0 Å². The summed E-state index contributed by atoms with van der Waals surface area (Å²) in [7, 11) is 1.74. The van der Waals surface area contributed by atoms with Gasteiger partial charge in [-0.15, -0.1) is 0 Å². The maximum Gasteiger partial charge on any atom is 0.225 e. The molecule has 84 valence electrons. The summed E-state index contributed by atoms with van der Waals surface area (Å²) in [4.78, 5) is 14.2. The van der Waals surface area contributed by atoms with Crippen molar-refractivity contribution in [2.75, 3.05) is 20.2 Å². The minimum Gasteiger partial charge on any atom is -0.380 e. The van der Waals surface area contributed by atoms with E-state index in [0.717, 1.165) is 44.2 Å². The maximum absolute atomic E-state index is 12.1. The molecule has 0 bridgehead atoms. The van der Waals surface area contributed by atoms with Crippen LogP contribution in [0.15, 0.2) is 0 Å². The number of nitrogens with zero attached hydrogens (tertiary/aromatic N) is 1. The summed E-state index contributed by atoms with van der Waals surface area (Å²) in [5.74, 6) is 2.56. The Morgan fingerprint density at radius 3 is 2.60 bits per heavy atom. The van der Waals surface area contributed by atoms with Crippen LogP contribution in [0.2, 0.25) is 0 Å². The molecule has 2 aliphatic carbocycles. The average molecular weight is 209 g/mol. The molecule has 3 atom stereocenters.